The Morgan fingerprint density at radius 2 is 2.11 bits per heavy atom. The fraction of sp³-hybridized carbons (Fsp3) is 0.533. The Bertz CT molecular complexity index is 471. The molecule has 1 saturated heterocycles. The molecule has 1 aliphatic heterocycles. The zero-order chi connectivity index (χ0) is 14.0. The van der Waals surface area contributed by atoms with Crippen molar-refractivity contribution >= 4 is 11.7 Å². The topological polar surface area (TPSA) is 55.6 Å². The van der Waals surface area contributed by atoms with Crippen molar-refractivity contribution < 1.29 is 9.53 Å². The summed E-state index contributed by atoms with van der Waals surface area (Å²) in [6, 6.07) is 7.65. The molecule has 2 N–H and O–H groups in total. The molecule has 0 amide bonds. The average molecular weight is 262 g/mol. The van der Waals surface area contributed by atoms with Gasteiger partial charge in [0.05, 0.1) is 18.4 Å². The van der Waals surface area contributed by atoms with Crippen molar-refractivity contribution in [3.8, 4) is 0 Å². The van der Waals surface area contributed by atoms with Crippen LogP contribution in [0.5, 0.6) is 0 Å². The van der Waals surface area contributed by atoms with Crippen LogP contribution in [0.2, 0.25) is 0 Å². The summed E-state index contributed by atoms with van der Waals surface area (Å²) in [5.74, 6) is -0.297. The van der Waals surface area contributed by atoms with Gasteiger partial charge in [0.2, 0.25) is 0 Å². The fourth-order valence-corrected chi connectivity index (χ4v) is 2.44. The lowest BCUT2D eigenvalue weighted by atomic mass is 9.78. The van der Waals surface area contributed by atoms with Gasteiger partial charge in [-0.3, -0.25) is 0 Å². The molecular weight excluding hydrogens is 240 g/mol. The smallest absolute Gasteiger partial charge is 0.339 e. The van der Waals surface area contributed by atoms with Crippen LogP contribution in [0.3, 0.4) is 0 Å². The number of para-hydroxylation sites is 1. The van der Waals surface area contributed by atoms with Gasteiger partial charge in [-0.05, 0) is 24.0 Å². The van der Waals surface area contributed by atoms with Crippen molar-refractivity contribution in [1.29, 1.82) is 0 Å². The highest BCUT2D eigenvalue weighted by Crippen LogP contribution is 2.32. The summed E-state index contributed by atoms with van der Waals surface area (Å²) in [7, 11) is 1.41. The minimum Gasteiger partial charge on any atom is -0.465 e. The van der Waals surface area contributed by atoms with E-state index in [9.17, 15) is 4.79 Å². The monoisotopic (exact) mass is 262 g/mol. The number of piperidine rings is 1. The molecule has 0 radical (unpaired) electrons. The first kappa shape index (κ1) is 13.9. The number of nitrogens with zero attached hydrogens (tertiary/aromatic N) is 1. The van der Waals surface area contributed by atoms with Crippen LogP contribution in [0.4, 0.5) is 5.69 Å². The fourth-order valence-electron chi connectivity index (χ4n) is 2.44. The van der Waals surface area contributed by atoms with E-state index in [1.165, 1.54) is 7.11 Å². The number of hydrogen-bond donors (Lipinski definition) is 1. The van der Waals surface area contributed by atoms with Gasteiger partial charge in [0.15, 0.2) is 0 Å². The van der Waals surface area contributed by atoms with Crippen LogP contribution in [0.1, 0.15) is 30.6 Å². The minimum atomic E-state index is -0.297. The number of carbonyl (C=O) groups is 1. The number of rotatable bonds is 2. The number of methoxy groups -OCH3 is 1. The van der Waals surface area contributed by atoms with Crippen molar-refractivity contribution in [3.05, 3.63) is 29.8 Å². The first-order chi connectivity index (χ1) is 8.95. The van der Waals surface area contributed by atoms with Gasteiger partial charge in [-0.2, -0.15) is 0 Å². The number of esters is 1. The molecule has 1 aliphatic rings. The SMILES string of the molecule is COC(=O)c1ccccc1N1CCC(C)(C)C(N)C1. The lowest BCUT2D eigenvalue weighted by molar-refractivity contribution is 0.0601. The predicted molar refractivity (Wildman–Crippen MR) is 76.4 cm³/mol. The van der Waals surface area contributed by atoms with Crippen LogP contribution in [0, 0.1) is 5.41 Å². The van der Waals surface area contributed by atoms with Gasteiger partial charge in [0.1, 0.15) is 0 Å². The molecule has 1 aromatic rings. The molecule has 1 fully saturated rings. The van der Waals surface area contributed by atoms with Crippen molar-refractivity contribution in [2.75, 3.05) is 25.1 Å². The second-order valence-corrected chi connectivity index (χ2v) is 5.80. The van der Waals surface area contributed by atoms with Crippen molar-refractivity contribution in [1.82, 2.24) is 0 Å². The molecule has 1 aromatic carbocycles. The van der Waals surface area contributed by atoms with Gasteiger partial charge in [0.25, 0.3) is 0 Å². The maximum Gasteiger partial charge on any atom is 0.339 e. The van der Waals surface area contributed by atoms with Crippen LogP contribution in [0.15, 0.2) is 24.3 Å². The van der Waals surface area contributed by atoms with E-state index < -0.39 is 0 Å². The average Bonchev–Trinajstić information content (AvgIpc) is 2.41. The second kappa shape index (κ2) is 5.21. The molecule has 1 unspecified atom stereocenters. The van der Waals surface area contributed by atoms with Crippen molar-refractivity contribution in [2.45, 2.75) is 26.3 Å². The Kier molecular flexibility index (Phi) is 3.80. The zero-order valence-corrected chi connectivity index (χ0v) is 11.8. The molecule has 2 rings (SSSR count). The third-order valence-corrected chi connectivity index (χ3v) is 4.10. The Morgan fingerprint density at radius 3 is 2.74 bits per heavy atom. The van der Waals surface area contributed by atoms with E-state index in [1.54, 1.807) is 6.07 Å². The third-order valence-electron chi connectivity index (χ3n) is 4.10. The summed E-state index contributed by atoms with van der Waals surface area (Å²) < 4.78 is 4.84. The molecule has 0 aliphatic carbocycles. The highest BCUT2D eigenvalue weighted by molar-refractivity contribution is 5.95. The molecule has 0 saturated carbocycles. The van der Waals surface area contributed by atoms with Crippen LogP contribution < -0.4 is 10.6 Å². The summed E-state index contributed by atoms with van der Waals surface area (Å²) in [5.41, 5.74) is 7.92. The largest absolute Gasteiger partial charge is 0.465 e. The Hall–Kier alpha value is -1.55. The normalized spacial score (nSPS) is 22.1. The summed E-state index contributed by atoms with van der Waals surface area (Å²) in [6.45, 7) is 6.07. The van der Waals surface area contributed by atoms with E-state index in [0.29, 0.717) is 5.56 Å². The molecule has 4 heteroatoms. The van der Waals surface area contributed by atoms with Gasteiger partial charge in [-0.25, -0.2) is 4.79 Å². The van der Waals surface area contributed by atoms with Crippen LogP contribution in [-0.2, 0) is 4.74 Å². The molecular formula is C15H22N2O2. The number of benzene rings is 1. The lowest BCUT2D eigenvalue weighted by Crippen LogP contribution is -2.53. The number of ether oxygens (including phenoxy) is 1. The van der Waals surface area contributed by atoms with Gasteiger partial charge >= 0.3 is 5.97 Å². The predicted octanol–water partition coefficient (Wildman–Crippen LogP) is 2.04. The van der Waals surface area contributed by atoms with Gasteiger partial charge < -0.3 is 15.4 Å². The lowest BCUT2D eigenvalue weighted by Gasteiger charge is -2.43. The van der Waals surface area contributed by atoms with Crippen molar-refractivity contribution in [2.24, 2.45) is 11.1 Å². The molecule has 104 valence electrons. The first-order valence-electron chi connectivity index (χ1n) is 6.63. The van der Waals surface area contributed by atoms with Crippen LogP contribution in [0.25, 0.3) is 0 Å². The third kappa shape index (κ3) is 2.73. The highest BCUT2D eigenvalue weighted by Gasteiger charge is 2.34. The molecule has 0 aromatic heterocycles. The van der Waals surface area contributed by atoms with Gasteiger partial charge in [-0.15, -0.1) is 0 Å². The second-order valence-electron chi connectivity index (χ2n) is 5.80. The maximum atomic E-state index is 11.8. The van der Waals surface area contributed by atoms with E-state index in [0.717, 1.165) is 25.2 Å². The summed E-state index contributed by atoms with van der Waals surface area (Å²) >= 11 is 0. The van der Waals surface area contributed by atoms with E-state index in [4.69, 9.17) is 10.5 Å². The molecule has 0 spiro atoms. The standard InChI is InChI=1S/C15H22N2O2/c1-15(2)8-9-17(10-13(15)16)12-7-5-4-6-11(12)14(18)19-3/h4-7,13H,8-10,16H2,1-3H3. The molecule has 4 nitrogen and oxygen atoms in total. The number of carbonyl (C=O) groups excluding carboxylic acids is 1. The Labute approximate surface area is 114 Å². The Balaban J connectivity index is 2.26. The Morgan fingerprint density at radius 1 is 1.42 bits per heavy atom. The highest BCUT2D eigenvalue weighted by atomic mass is 16.5. The van der Waals surface area contributed by atoms with E-state index in [1.807, 2.05) is 18.2 Å². The minimum absolute atomic E-state index is 0.104. The number of anilines is 1. The number of nitrogens with two attached hydrogens (primary N) is 1. The zero-order valence-electron chi connectivity index (χ0n) is 11.8. The first-order valence-corrected chi connectivity index (χ1v) is 6.63. The summed E-state index contributed by atoms with van der Waals surface area (Å²) in [5, 5.41) is 0. The maximum absolute atomic E-state index is 11.8. The van der Waals surface area contributed by atoms with Gasteiger partial charge in [-0.1, -0.05) is 26.0 Å². The van der Waals surface area contributed by atoms with E-state index >= 15 is 0 Å². The van der Waals surface area contributed by atoms with E-state index in [2.05, 4.69) is 18.7 Å². The molecule has 1 atom stereocenters. The van der Waals surface area contributed by atoms with Crippen LogP contribution in [-0.4, -0.2) is 32.2 Å². The van der Waals surface area contributed by atoms with E-state index in [-0.39, 0.29) is 17.4 Å². The molecule has 1 heterocycles. The molecule has 19 heavy (non-hydrogen) atoms. The quantitative estimate of drug-likeness (QED) is 0.829. The van der Waals surface area contributed by atoms with Crippen molar-refractivity contribution in [3.63, 3.8) is 0 Å². The summed E-state index contributed by atoms with van der Waals surface area (Å²) in [4.78, 5) is 14.0. The molecule has 0 bridgehead atoms. The van der Waals surface area contributed by atoms with Gasteiger partial charge in [0, 0.05) is 19.1 Å². The summed E-state index contributed by atoms with van der Waals surface area (Å²) in [6.07, 6.45) is 1.02. The van der Waals surface area contributed by atoms with Crippen LogP contribution >= 0.6 is 0 Å². The number of hydrogen-bond acceptors (Lipinski definition) is 4.